The fraction of sp³-hybridized carbons (Fsp3) is 0.538. The van der Waals surface area contributed by atoms with Crippen LogP contribution in [0, 0.1) is 5.92 Å². The normalized spacial score (nSPS) is 26.2. The van der Waals surface area contributed by atoms with Gasteiger partial charge in [-0.05, 0) is 36.6 Å². The first-order valence-corrected chi connectivity index (χ1v) is 7.08. The zero-order chi connectivity index (χ0) is 11.5. The summed E-state index contributed by atoms with van der Waals surface area (Å²) >= 11 is 9.55. The summed E-state index contributed by atoms with van der Waals surface area (Å²) in [6, 6.07) is 9.07. The first-order chi connectivity index (χ1) is 7.70. The summed E-state index contributed by atoms with van der Waals surface area (Å²) in [6.07, 6.45) is 1.27. The Morgan fingerprint density at radius 3 is 3.00 bits per heavy atom. The quantitative estimate of drug-likeness (QED) is 0.766. The molecule has 2 unspecified atom stereocenters. The minimum absolute atomic E-state index is 0.542. The Labute approximate surface area is 111 Å². The molecule has 0 saturated carbocycles. The number of hydrogen-bond acceptors (Lipinski definition) is 1. The summed E-state index contributed by atoms with van der Waals surface area (Å²) in [5.41, 5.74) is 1.36. The topological polar surface area (TPSA) is 3.24 Å². The molecule has 0 amide bonds. The van der Waals surface area contributed by atoms with Gasteiger partial charge >= 0.3 is 0 Å². The first kappa shape index (κ1) is 12.4. The predicted octanol–water partition coefficient (Wildman–Crippen LogP) is 3.90. The average molecular weight is 303 g/mol. The highest BCUT2D eigenvalue weighted by Gasteiger charge is 2.29. The largest absolute Gasteiger partial charge is 0.295 e. The average Bonchev–Trinajstić information content (AvgIpc) is 2.59. The molecule has 1 fully saturated rings. The van der Waals surface area contributed by atoms with Crippen LogP contribution >= 0.6 is 27.5 Å². The van der Waals surface area contributed by atoms with Crippen molar-refractivity contribution in [3.05, 3.63) is 34.3 Å². The highest BCUT2D eigenvalue weighted by atomic mass is 79.9. The zero-order valence-corrected chi connectivity index (χ0v) is 11.8. The van der Waals surface area contributed by atoms with Crippen LogP contribution in [-0.2, 0) is 6.54 Å². The summed E-state index contributed by atoms with van der Waals surface area (Å²) in [7, 11) is 0. The second-order valence-corrected chi connectivity index (χ2v) is 5.81. The molecule has 1 heterocycles. The summed E-state index contributed by atoms with van der Waals surface area (Å²) in [4.78, 5) is 2.50. The first-order valence-electron chi connectivity index (χ1n) is 5.75. The van der Waals surface area contributed by atoms with Gasteiger partial charge in [-0.15, -0.1) is 11.6 Å². The van der Waals surface area contributed by atoms with E-state index in [9.17, 15) is 0 Å². The minimum Gasteiger partial charge on any atom is -0.295 e. The summed E-state index contributed by atoms with van der Waals surface area (Å²) < 4.78 is 1.15. The molecule has 2 rings (SSSR count). The lowest BCUT2D eigenvalue weighted by Crippen LogP contribution is -2.33. The SMILES string of the molecule is CC1CCN(Cc2cccc(Br)c2)C1CCl. The maximum atomic E-state index is 6.04. The lowest BCUT2D eigenvalue weighted by Gasteiger charge is -2.24. The van der Waals surface area contributed by atoms with E-state index >= 15 is 0 Å². The minimum atomic E-state index is 0.542. The van der Waals surface area contributed by atoms with E-state index in [4.69, 9.17) is 11.6 Å². The van der Waals surface area contributed by atoms with Crippen molar-refractivity contribution >= 4 is 27.5 Å². The van der Waals surface area contributed by atoms with E-state index in [0.29, 0.717) is 6.04 Å². The summed E-state index contributed by atoms with van der Waals surface area (Å²) in [5.74, 6) is 1.47. The highest BCUT2D eigenvalue weighted by Crippen LogP contribution is 2.26. The Bertz CT molecular complexity index is 356. The third-order valence-corrected chi connectivity index (χ3v) is 4.24. The third-order valence-electron chi connectivity index (χ3n) is 3.43. The number of rotatable bonds is 3. The molecule has 0 bridgehead atoms. The van der Waals surface area contributed by atoms with E-state index in [-0.39, 0.29) is 0 Å². The van der Waals surface area contributed by atoms with Crippen molar-refractivity contribution in [3.63, 3.8) is 0 Å². The smallest absolute Gasteiger partial charge is 0.0382 e. The fourth-order valence-corrected chi connectivity index (χ4v) is 3.35. The molecule has 88 valence electrons. The Kier molecular flexibility index (Phi) is 4.28. The molecule has 1 aromatic carbocycles. The van der Waals surface area contributed by atoms with E-state index in [1.165, 1.54) is 18.5 Å². The van der Waals surface area contributed by atoms with E-state index in [2.05, 4.69) is 52.0 Å². The number of alkyl halides is 1. The van der Waals surface area contributed by atoms with Gasteiger partial charge in [-0.2, -0.15) is 0 Å². The van der Waals surface area contributed by atoms with Gasteiger partial charge in [-0.1, -0.05) is 35.0 Å². The van der Waals surface area contributed by atoms with Crippen molar-refractivity contribution in [2.75, 3.05) is 12.4 Å². The molecule has 1 aliphatic heterocycles. The maximum absolute atomic E-state index is 6.04. The molecule has 1 nitrogen and oxygen atoms in total. The molecule has 0 aliphatic carbocycles. The van der Waals surface area contributed by atoms with Crippen LogP contribution in [0.4, 0.5) is 0 Å². The van der Waals surface area contributed by atoms with E-state index in [0.717, 1.165) is 22.8 Å². The van der Waals surface area contributed by atoms with Crippen molar-refractivity contribution in [2.45, 2.75) is 25.9 Å². The van der Waals surface area contributed by atoms with Gasteiger partial charge in [0.1, 0.15) is 0 Å². The molecule has 1 aliphatic rings. The summed E-state index contributed by atoms with van der Waals surface area (Å²) in [5, 5.41) is 0. The van der Waals surface area contributed by atoms with Gasteiger partial charge in [0.25, 0.3) is 0 Å². The lowest BCUT2D eigenvalue weighted by atomic mass is 10.0. The number of halogens is 2. The monoisotopic (exact) mass is 301 g/mol. The van der Waals surface area contributed by atoms with Crippen molar-refractivity contribution in [3.8, 4) is 0 Å². The van der Waals surface area contributed by atoms with Gasteiger partial charge in [0.05, 0.1) is 0 Å². The molecule has 0 aromatic heterocycles. The van der Waals surface area contributed by atoms with E-state index in [1.807, 2.05) is 0 Å². The van der Waals surface area contributed by atoms with Crippen LogP contribution in [0.15, 0.2) is 28.7 Å². The zero-order valence-electron chi connectivity index (χ0n) is 9.50. The number of hydrogen-bond donors (Lipinski definition) is 0. The third kappa shape index (κ3) is 2.79. The van der Waals surface area contributed by atoms with Crippen LogP contribution in [0.5, 0.6) is 0 Å². The standard InChI is InChI=1S/C13H17BrClN/c1-10-5-6-16(13(10)8-15)9-11-3-2-4-12(14)7-11/h2-4,7,10,13H,5-6,8-9H2,1H3. The summed E-state index contributed by atoms with van der Waals surface area (Å²) in [6.45, 7) is 4.49. The van der Waals surface area contributed by atoms with E-state index in [1.54, 1.807) is 0 Å². The number of nitrogens with zero attached hydrogens (tertiary/aromatic N) is 1. The Balaban J connectivity index is 2.04. The van der Waals surface area contributed by atoms with Crippen LogP contribution in [0.2, 0.25) is 0 Å². The second-order valence-electron chi connectivity index (χ2n) is 4.59. The second kappa shape index (κ2) is 5.52. The Morgan fingerprint density at radius 1 is 1.50 bits per heavy atom. The molecule has 0 spiro atoms. The Morgan fingerprint density at radius 2 is 2.31 bits per heavy atom. The maximum Gasteiger partial charge on any atom is 0.0382 e. The molecule has 0 N–H and O–H groups in total. The predicted molar refractivity (Wildman–Crippen MR) is 72.8 cm³/mol. The molecular weight excluding hydrogens is 286 g/mol. The molecular formula is C13H17BrClN. The molecule has 1 aromatic rings. The molecule has 2 atom stereocenters. The van der Waals surface area contributed by atoms with Crippen molar-refractivity contribution < 1.29 is 0 Å². The molecule has 16 heavy (non-hydrogen) atoms. The van der Waals surface area contributed by atoms with Crippen molar-refractivity contribution in [2.24, 2.45) is 5.92 Å². The van der Waals surface area contributed by atoms with Crippen molar-refractivity contribution in [1.82, 2.24) is 4.90 Å². The van der Waals surface area contributed by atoms with Crippen molar-refractivity contribution in [1.29, 1.82) is 0 Å². The van der Waals surface area contributed by atoms with Gasteiger partial charge in [-0.25, -0.2) is 0 Å². The lowest BCUT2D eigenvalue weighted by molar-refractivity contribution is 0.242. The van der Waals surface area contributed by atoms with Crippen LogP contribution in [0.25, 0.3) is 0 Å². The van der Waals surface area contributed by atoms with Crippen LogP contribution < -0.4 is 0 Å². The van der Waals surface area contributed by atoms with Gasteiger partial charge in [-0.3, -0.25) is 4.90 Å². The van der Waals surface area contributed by atoms with Gasteiger partial charge < -0.3 is 0 Å². The van der Waals surface area contributed by atoms with Gasteiger partial charge in [0.2, 0.25) is 0 Å². The van der Waals surface area contributed by atoms with Gasteiger partial charge in [0, 0.05) is 22.9 Å². The molecule has 3 heteroatoms. The molecule has 1 saturated heterocycles. The Hall–Kier alpha value is -0.0500. The fourth-order valence-electron chi connectivity index (χ4n) is 2.40. The van der Waals surface area contributed by atoms with E-state index < -0.39 is 0 Å². The van der Waals surface area contributed by atoms with Crippen LogP contribution in [0.3, 0.4) is 0 Å². The highest BCUT2D eigenvalue weighted by molar-refractivity contribution is 9.10. The molecule has 0 radical (unpaired) electrons. The van der Waals surface area contributed by atoms with Crippen LogP contribution in [0.1, 0.15) is 18.9 Å². The number of likely N-dealkylation sites (tertiary alicyclic amines) is 1. The van der Waals surface area contributed by atoms with Crippen LogP contribution in [-0.4, -0.2) is 23.4 Å². The number of benzene rings is 1. The van der Waals surface area contributed by atoms with Gasteiger partial charge in [0.15, 0.2) is 0 Å².